The maximum atomic E-state index is 12.7. The molecule has 1 aliphatic rings. The van der Waals surface area contributed by atoms with Gasteiger partial charge < -0.3 is 4.90 Å². The molecule has 0 radical (unpaired) electrons. The molecule has 5 nitrogen and oxygen atoms in total. The van der Waals surface area contributed by atoms with Crippen molar-refractivity contribution < 1.29 is 13.2 Å². The van der Waals surface area contributed by atoms with E-state index in [2.05, 4.69) is 0 Å². The summed E-state index contributed by atoms with van der Waals surface area (Å²) in [7, 11) is -3.42. The van der Waals surface area contributed by atoms with Gasteiger partial charge in [0.25, 0.3) is 5.91 Å². The number of likely N-dealkylation sites (tertiary alicyclic amines) is 1. The van der Waals surface area contributed by atoms with Crippen LogP contribution in [0.4, 0.5) is 5.69 Å². The van der Waals surface area contributed by atoms with Gasteiger partial charge in [-0.25, -0.2) is 8.42 Å². The van der Waals surface area contributed by atoms with Crippen molar-refractivity contribution in [2.45, 2.75) is 39.2 Å². The molecule has 2 aromatic carbocycles. The molecule has 1 saturated heterocycles. The second-order valence-electron chi connectivity index (χ2n) is 7.51. The minimum Gasteiger partial charge on any atom is -0.339 e. The quantitative estimate of drug-likeness (QED) is 0.763. The standard InChI is InChI=1S/C22H28N2O3S/c1-18-8-7-9-21(16-18)24(28(2,26)27)17-19-10-12-20(13-11-19)22(25)23-14-5-3-4-6-15-23/h7-13,16H,3-6,14-15,17H2,1-2H3. The number of hydrogen-bond acceptors (Lipinski definition) is 3. The minimum atomic E-state index is -3.42. The summed E-state index contributed by atoms with van der Waals surface area (Å²) >= 11 is 0. The van der Waals surface area contributed by atoms with Crippen LogP contribution in [0.2, 0.25) is 0 Å². The maximum absolute atomic E-state index is 12.7. The van der Waals surface area contributed by atoms with Gasteiger partial charge in [-0.05, 0) is 55.2 Å². The first-order chi connectivity index (χ1) is 13.3. The summed E-state index contributed by atoms with van der Waals surface area (Å²) in [6.07, 6.45) is 5.70. The summed E-state index contributed by atoms with van der Waals surface area (Å²) in [5, 5.41) is 0. The molecule has 0 unspecified atom stereocenters. The zero-order chi connectivity index (χ0) is 20.1. The molecule has 1 heterocycles. The Hall–Kier alpha value is -2.34. The van der Waals surface area contributed by atoms with Crippen molar-refractivity contribution in [3.8, 4) is 0 Å². The Bertz CT molecular complexity index is 915. The van der Waals surface area contributed by atoms with Gasteiger partial charge in [-0.15, -0.1) is 0 Å². The van der Waals surface area contributed by atoms with Crippen LogP contribution in [0, 0.1) is 6.92 Å². The number of carbonyl (C=O) groups excluding carboxylic acids is 1. The fourth-order valence-electron chi connectivity index (χ4n) is 3.56. The number of sulfonamides is 1. The molecule has 1 amide bonds. The van der Waals surface area contributed by atoms with Gasteiger partial charge in [0.2, 0.25) is 10.0 Å². The third-order valence-corrected chi connectivity index (χ3v) is 6.25. The average Bonchev–Trinajstić information content (AvgIpc) is 2.94. The number of carbonyl (C=O) groups is 1. The van der Waals surface area contributed by atoms with E-state index < -0.39 is 10.0 Å². The lowest BCUT2D eigenvalue weighted by atomic mass is 10.1. The van der Waals surface area contributed by atoms with Crippen molar-refractivity contribution in [1.29, 1.82) is 0 Å². The molecule has 0 aliphatic carbocycles. The summed E-state index contributed by atoms with van der Waals surface area (Å²) in [5.74, 6) is 0.0621. The van der Waals surface area contributed by atoms with E-state index >= 15 is 0 Å². The smallest absolute Gasteiger partial charge is 0.253 e. The van der Waals surface area contributed by atoms with E-state index in [0.717, 1.165) is 37.1 Å². The molecule has 0 aromatic heterocycles. The molecule has 0 atom stereocenters. The highest BCUT2D eigenvalue weighted by atomic mass is 32.2. The fraction of sp³-hybridized carbons (Fsp3) is 0.409. The van der Waals surface area contributed by atoms with Crippen LogP contribution in [0.5, 0.6) is 0 Å². The third-order valence-electron chi connectivity index (χ3n) is 5.11. The highest BCUT2D eigenvalue weighted by Crippen LogP contribution is 2.22. The highest BCUT2D eigenvalue weighted by molar-refractivity contribution is 7.92. The molecule has 6 heteroatoms. The van der Waals surface area contributed by atoms with Gasteiger partial charge in [0, 0.05) is 18.7 Å². The molecule has 2 aromatic rings. The van der Waals surface area contributed by atoms with Gasteiger partial charge in [0.15, 0.2) is 0 Å². The predicted molar refractivity (Wildman–Crippen MR) is 113 cm³/mol. The van der Waals surface area contributed by atoms with Crippen LogP contribution in [0.3, 0.4) is 0 Å². The van der Waals surface area contributed by atoms with E-state index in [1.165, 1.54) is 23.4 Å². The molecule has 0 spiro atoms. The Kier molecular flexibility index (Phi) is 6.39. The lowest BCUT2D eigenvalue weighted by Gasteiger charge is -2.23. The molecule has 0 saturated carbocycles. The molecular weight excluding hydrogens is 372 g/mol. The number of benzene rings is 2. The van der Waals surface area contributed by atoms with Crippen LogP contribution in [0.15, 0.2) is 48.5 Å². The summed E-state index contributed by atoms with van der Waals surface area (Å²) in [6, 6.07) is 14.7. The van der Waals surface area contributed by atoms with Crippen LogP contribution in [0.1, 0.15) is 47.2 Å². The first kappa shape index (κ1) is 20.4. The Balaban J connectivity index is 1.77. The summed E-state index contributed by atoms with van der Waals surface area (Å²) < 4.78 is 26.0. The van der Waals surface area contributed by atoms with Crippen molar-refractivity contribution in [2.24, 2.45) is 0 Å². The Morgan fingerprint density at radius 2 is 1.64 bits per heavy atom. The maximum Gasteiger partial charge on any atom is 0.253 e. The molecule has 150 valence electrons. The Morgan fingerprint density at radius 3 is 2.21 bits per heavy atom. The number of hydrogen-bond donors (Lipinski definition) is 0. The van der Waals surface area contributed by atoms with Crippen LogP contribution in [-0.2, 0) is 16.6 Å². The van der Waals surface area contributed by atoms with Crippen LogP contribution < -0.4 is 4.31 Å². The van der Waals surface area contributed by atoms with Crippen molar-refractivity contribution in [3.05, 3.63) is 65.2 Å². The molecule has 0 N–H and O–H groups in total. The minimum absolute atomic E-state index is 0.0621. The molecule has 1 aliphatic heterocycles. The van der Waals surface area contributed by atoms with E-state index in [1.807, 2.05) is 42.2 Å². The molecule has 1 fully saturated rings. The summed E-state index contributed by atoms with van der Waals surface area (Å²) in [6.45, 7) is 3.80. The first-order valence-corrected chi connectivity index (χ1v) is 11.6. The molecule has 3 rings (SSSR count). The van der Waals surface area contributed by atoms with E-state index in [4.69, 9.17) is 0 Å². The number of nitrogens with zero attached hydrogens (tertiary/aromatic N) is 2. The van der Waals surface area contributed by atoms with Gasteiger partial charge in [0.1, 0.15) is 0 Å². The third kappa shape index (κ3) is 5.13. The highest BCUT2D eigenvalue weighted by Gasteiger charge is 2.20. The number of rotatable bonds is 5. The first-order valence-electron chi connectivity index (χ1n) is 9.77. The number of anilines is 1. The lowest BCUT2D eigenvalue weighted by molar-refractivity contribution is 0.0761. The zero-order valence-electron chi connectivity index (χ0n) is 16.6. The van der Waals surface area contributed by atoms with Crippen LogP contribution >= 0.6 is 0 Å². The predicted octanol–water partition coefficient (Wildman–Crippen LogP) is 3.98. The second kappa shape index (κ2) is 8.78. The van der Waals surface area contributed by atoms with Crippen LogP contribution in [0.25, 0.3) is 0 Å². The number of aryl methyl sites for hydroxylation is 1. The average molecular weight is 401 g/mol. The number of amides is 1. The van der Waals surface area contributed by atoms with Crippen molar-refractivity contribution in [3.63, 3.8) is 0 Å². The van der Waals surface area contributed by atoms with Crippen LogP contribution in [-0.4, -0.2) is 38.6 Å². The summed E-state index contributed by atoms with van der Waals surface area (Å²) in [5.41, 5.74) is 3.16. The monoisotopic (exact) mass is 400 g/mol. The Labute approximate surface area is 168 Å². The second-order valence-corrected chi connectivity index (χ2v) is 9.42. The van der Waals surface area contributed by atoms with Gasteiger partial charge in [-0.3, -0.25) is 9.10 Å². The zero-order valence-corrected chi connectivity index (χ0v) is 17.4. The van der Waals surface area contributed by atoms with Gasteiger partial charge in [-0.2, -0.15) is 0 Å². The molecule has 28 heavy (non-hydrogen) atoms. The summed E-state index contributed by atoms with van der Waals surface area (Å²) in [4.78, 5) is 14.7. The van der Waals surface area contributed by atoms with E-state index in [0.29, 0.717) is 11.3 Å². The normalized spacial score (nSPS) is 15.1. The molecule has 0 bridgehead atoms. The van der Waals surface area contributed by atoms with Crippen molar-refractivity contribution in [2.75, 3.05) is 23.7 Å². The van der Waals surface area contributed by atoms with E-state index in [9.17, 15) is 13.2 Å². The van der Waals surface area contributed by atoms with E-state index in [-0.39, 0.29) is 12.5 Å². The largest absolute Gasteiger partial charge is 0.339 e. The Morgan fingerprint density at radius 1 is 1.00 bits per heavy atom. The topological polar surface area (TPSA) is 57.7 Å². The van der Waals surface area contributed by atoms with Gasteiger partial charge in [-0.1, -0.05) is 37.1 Å². The van der Waals surface area contributed by atoms with Gasteiger partial charge >= 0.3 is 0 Å². The van der Waals surface area contributed by atoms with Crippen molar-refractivity contribution >= 4 is 21.6 Å². The lowest BCUT2D eigenvalue weighted by Crippen LogP contribution is -2.32. The molecular formula is C22H28N2O3S. The van der Waals surface area contributed by atoms with E-state index in [1.54, 1.807) is 18.2 Å². The van der Waals surface area contributed by atoms with Crippen molar-refractivity contribution in [1.82, 2.24) is 4.90 Å². The SMILES string of the molecule is Cc1cccc(N(Cc2ccc(C(=O)N3CCCCCC3)cc2)S(C)(=O)=O)c1. The van der Waals surface area contributed by atoms with Gasteiger partial charge in [0.05, 0.1) is 18.5 Å². The fourth-order valence-corrected chi connectivity index (χ4v) is 4.44.